The average Bonchev–Trinajstić information content (AvgIpc) is 2.34. The molecule has 0 unspecified atom stereocenters. The molecular formula is C14H18F3NO2. The Morgan fingerprint density at radius 3 is 2.40 bits per heavy atom. The molecule has 0 saturated carbocycles. The van der Waals surface area contributed by atoms with Crippen molar-refractivity contribution in [3.63, 3.8) is 0 Å². The van der Waals surface area contributed by atoms with E-state index in [1.54, 1.807) is 7.05 Å². The summed E-state index contributed by atoms with van der Waals surface area (Å²) < 4.78 is 39.1. The second kappa shape index (κ2) is 6.15. The molecule has 0 spiro atoms. The molecule has 0 atom stereocenters. The lowest BCUT2D eigenvalue weighted by Gasteiger charge is -2.24. The summed E-state index contributed by atoms with van der Waals surface area (Å²) in [5, 5.41) is 8.80. The maximum atomic E-state index is 13.0. The fraction of sp³-hybridized carbons (Fsp3) is 0.500. The lowest BCUT2D eigenvalue weighted by molar-refractivity contribution is -0.137. The summed E-state index contributed by atoms with van der Waals surface area (Å²) in [6.45, 7) is 4.46. The van der Waals surface area contributed by atoms with Crippen molar-refractivity contribution in [2.45, 2.75) is 26.4 Å². The second-order valence-corrected chi connectivity index (χ2v) is 5.14. The topological polar surface area (TPSA) is 40.5 Å². The molecule has 20 heavy (non-hydrogen) atoms. The fourth-order valence-corrected chi connectivity index (χ4v) is 1.80. The number of halogens is 3. The largest absolute Gasteiger partial charge is 0.478 e. The van der Waals surface area contributed by atoms with Crippen LogP contribution in [0, 0.1) is 5.92 Å². The first-order valence-electron chi connectivity index (χ1n) is 6.28. The van der Waals surface area contributed by atoms with E-state index in [1.165, 1.54) is 17.0 Å². The summed E-state index contributed by atoms with van der Waals surface area (Å²) in [7, 11) is 1.58. The molecule has 0 aliphatic carbocycles. The lowest BCUT2D eigenvalue weighted by Crippen LogP contribution is -2.23. The fourth-order valence-electron chi connectivity index (χ4n) is 1.80. The second-order valence-electron chi connectivity index (χ2n) is 5.14. The Bertz CT molecular complexity index is 484. The Hall–Kier alpha value is -1.72. The van der Waals surface area contributed by atoms with Gasteiger partial charge >= 0.3 is 12.1 Å². The van der Waals surface area contributed by atoms with E-state index in [0.717, 1.165) is 6.42 Å². The minimum atomic E-state index is -4.58. The number of nitrogens with zero attached hydrogens (tertiary/aromatic N) is 1. The quantitative estimate of drug-likeness (QED) is 0.894. The predicted octanol–water partition coefficient (Wildman–Crippen LogP) is 3.89. The van der Waals surface area contributed by atoms with Crippen LogP contribution in [-0.2, 0) is 6.18 Å². The molecule has 0 radical (unpaired) electrons. The van der Waals surface area contributed by atoms with Gasteiger partial charge in [-0.1, -0.05) is 13.8 Å². The van der Waals surface area contributed by atoms with Crippen molar-refractivity contribution >= 4 is 11.7 Å². The van der Waals surface area contributed by atoms with E-state index < -0.39 is 17.7 Å². The number of carbonyl (C=O) groups is 1. The van der Waals surface area contributed by atoms with Gasteiger partial charge in [-0.3, -0.25) is 0 Å². The molecule has 1 N–H and O–H groups in total. The highest BCUT2D eigenvalue weighted by molar-refractivity contribution is 5.88. The summed E-state index contributed by atoms with van der Waals surface area (Å²) in [5.74, 6) is -0.989. The summed E-state index contributed by atoms with van der Waals surface area (Å²) in [6.07, 6.45) is -3.82. The first-order valence-corrected chi connectivity index (χ1v) is 6.28. The van der Waals surface area contributed by atoms with E-state index >= 15 is 0 Å². The van der Waals surface area contributed by atoms with Crippen LogP contribution < -0.4 is 4.90 Å². The summed E-state index contributed by atoms with van der Waals surface area (Å²) in [4.78, 5) is 12.3. The monoisotopic (exact) mass is 289 g/mol. The molecule has 0 amide bonds. The first-order chi connectivity index (χ1) is 9.12. The van der Waals surface area contributed by atoms with Gasteiger partial charge in [-0.2, -0.15) is 13.2 Å². The minimum absolute atomic E-state index is 0.00292. The average molecular weight is 289 g/mol. The number of rotatable bonds is 5. The molecule has 0 aromatic heterocycles. The standard InChI is InChI=1S/C14H18F3NO2/c1-9(2)6-7-18(3)12-5-4-10(13(19)20)8-11(12)14(15,16)17/h4-5,8-9H,6-7H2,1-3H3,(H,19,20). The zero-order chi connectivity index (χ0) is 15.5. The van der Waals surface area contributed by atoms with E-state index in [0.29, 0.717) is 18.5 Å². The third-order valence-corrected chi connectivity index (χ3v) is 3.00. The van der Waals surface area contributed by atoms with Crippen LogP contribution >= 0.6 is 0 Å². The highest BCUT2D eigenvalue weighted by atomic mass is 19.4. The molecule has 112 valence electrons. The molecule has 0 saturated heterocycles. The Kier molecular flexibility index (Phi) is 5.03. The molecule has 0 bridgehead atoms. The maximum absolute atomic E-state index is 13.0. The zero-order valence-corrected chi connectivity index (χ0v) is 11.7. The molecule has 0 aliphatic rings. The number of anilines is 1. The highest BCUT2D eigenvalue weighted by Gasteiger charge is 2.35. The van der Waals surface area contributed by atoms with E-state index in [2.05, 4.69) is 0 Å². The van der Waals surface area contributed by atoms with Gasteiger partial charge < -0.3 is 10.0 Å². The van der Waals surface area contributed by atoms with Crippen LogP contribution in [0.4, 0.5) is 18.9 Å². The molecule has 1 aromatic carbocycles. The smallest absolute Gasteiger partial charge is 0.418 e. The minimum Gasteiger partial charge on any atom is -0.478 e. The van der Waals surface area contributed by atoms with Crippen molar-refractivity contribution in [3.05, 3.63) is 29.3 Å². The van der Waals surface area contributed by atoms with Crippen LogP contribution in [0.5, 0.6) is 0 Å². The van der Waals surface area contributed by atoms with Gasteiger partial charge in [-0.05, 0) is 30.5 Å². The third-order valence-electron chi connectivity index (χ3n) is 3.00. The molecule has 0 aliphatic heterocycles. The van der Waals surface area contributed by atoms with Crippen LogP contribution in [0.15, 0.2) is 18.2 Å². The Labute approximate surface area is 116 Å². The normalized spacial score (nSPS) is 11.8. The van der Waals surface area contributed by atoms with Crippen molar-refractivity contribution in [2.75, 3.05) is 18.5 Å². The van der Waals surface area contributed by atoms with Crippen molar-refractivity contribution in [3.8, 4) is 0 Å². The molecule has 6 heteroatoms. The summed E-state index contributed by atoms with van der Waals surface area (Å²) in [6, 6.07) is 3.09. The van der Waals surface area contributed by atoms with Gasteiger partial charge in [0.1, 0.15) is 0 Å². The van der Waals surface area contributed by atoms with Crippen molar-refractivity contribution in [2.24, 2.45) is 5.92 Å². The molecule has 0 fully saturated rings. The van der Waals surface area contributed by atoms with Gasteiger partial charge in [-0.15, -0.1) is 0 Å². The number of hydrogen-bond acceptors (Lipinski definition) is 2. The maximum Gasteiger partial charge on any atom is 0.418 e. The molecule has 1 aromatic rings. The SMILES string of the molecule is CC(C)CCN(C)c1ccc(C(=O)O)cc1C(F)(F)F. The van der Waals surface area contributed by atoms with Gasteiger partial charge in [0, 0.05) is 19.3 Å². The summed E-state index contributed by atoms with van der Waals surface area (Å²) >= 11 is 0. The van der Waals surface area contributed by atoms with Crippen LogP contribution in [0.25, 0.3) is 0 Å². The van der Waals surface area contributed by atoms with Gasteiger partial charge in [0.2, 0.25) is 0 Å². The third kappa shape index (κ3) is 4.15. The van der Waals surface area contributed by atoms with Gasteiger partial charge in [0.25, 0.3) is 0 Å². The zero-order valence-electron chi connectivity index (χ0n) is 11.7. The number of carboxylic acids is 1. The van der Waals surface area contributed by atoms with Crippen LogP contribution in [-0.4, -0.2) is 24.7 Å². The van der Waals surface area contributed by atoms with E-state index in [9.17, 15) is 18.0 Å². The van der Waals surface area contributed by atoms with E-state index in [4.69, 9.17) is 5.11 Å². The van der Waals surface area contributed by atoms with Crippen LogP contribution in [0.1, 0.15) is 36.2 Å². The van der Waals surface area contributed by atoms with E-state index in [-0.39, 0.29) is 11.3 Å². The molecule has 0 heterocycles. The Morgan fingerprint density at radius 1 is 1.35 bits per heavy atom. The first kappa shape index (κ1) is 16.3. The predicted molar refractivity (Wildman–Crippen MR) is 71.1 cm³/mol. The van der Waals surface area contributed by atoms with Crippen LogP contribution in [0.2, 0.25) is 0 Å². The summed E-state index contributed by atoms with van der Waals surface area (Å²) in [5.41, 5.74) is -1.27. The van der Waals surface area contributed by atoms with Gasteiger partial charge in [0.15, 0.2) is 0 Å². The molecule has 3 nitrogen and oxygen atoms in total. The highest BCUT2D eigenvalue weighted by Crippen LogP contribution is 2.37. The number of alkyl halides is 3. The van der Waals surface area contributed by atoms with Crippen molar-refractivity contribution in [1.29, 1.82) is 0 Å². The number of carboxylic acid groups (broad SMARTS) is 1. The van der Waals surface area contributed by atoms with Crippen molar-refractivity contribution in [1.82, 2.24) is 0 Å². The number of benzene rings is 1. The van der Waals surface area contributed by atoms with Gasteiger partial charge in [0.05, 0.1) is 11.1 Å². The van der Waals surface area contributed by atoms with Crippen LogP contribution in [0.3, 0.4) is 0 Å². The Balaban J connectivity index is 3.15. The van der Waals surface area contributed by atoms with Crippen molar-refractivity contribution < 1.29 is 23.1 Å². The van der Waals surface area contributed by atoms with Gasteiger partial charge in [-0.25, -0.2) is 4.79 Å². The number of hydrogen-bond donors (Lipinski definition) is 1. The lowest BCUT2D eigenvalue weighted by atomic mass is 10.1. The molecule has 1 rings (SSSR count). The molecular weight excluding hydrogens is 271 g/mol. The Morgan fingerprint density at radius 2 is 1.95 bits per heavy atom. The number of aromatic carboxylic acids is 1. The van der Waals surface area contributed by atoms with E-state index in [1.807, 2.05) is 13.8 Å².